The minimum atomic E-state index is -0.690. The molecule has 0 radical (unpaired) electrons. The molecule has 3 aromatic rings. The van der Waals surface area contributed by atoms with E-state index in [1.165, 1.54) is 11.6 Å². The minimum Gasteiger partial charge on any atom is -0.247 e. The third-order valence-corrected chi connectivity index (χ3v) is 4.51. The first-order valence-electron chi connectivity index (χ1n) is 7.91. The number of hydrogen-bond donors (Lipinski definition) is 0. The third kappa shape index (κ3) is 3.13. The summed E-state index contributed by atoms with van der Waals surface area (Å²) in [6.07, 6.45) is 1.00. The Morgan fingerprint density at radius 2 is 1.75 bits per heavy atom. The van der Waals surface area contributed by atoms with Gasteiger partial charge in [0, 0.05) is 17.7 Å². The van der Waals surface area contributed by atoms with Crippen LogP contribution in [0.3, 0.4) is 0 Å². The van der Waals surface area contributed by atoms with Crippen molar-refractivity contribution in [2.24, 2.45) is 5.92 Å². The van der Waals surface area contributed by atoms with Crippen LogP contribution in [0.15, 0.2) is 36.4 Å². The molecule has 1 nitrogen and oxygen atoms in total. The molecule has 0 N–H and O–H groups in total. The molecule has 0 fully saturated rings. The predicted molar refractivity (Wildman–Crippen MR) is 95.4 cm³/mol. The zero-order valence-corrected chi connectivity index (χ0v) is 14.6. The predicted octanol–water partition coefficient (Wildman–Crippen LogP) is 6.34. The molecule has 1 aromatic heterocycles. The maximum absolute atomic E-state index is 14.0. The number of rotatable bonds is 3. The van der Waals surface area contributed by atoms with E-state index in [-0.39, 0.29) is 15.9 Å². The first kappa shape index (κ1) is 16.8. The van der Waals surface area contributed by atoms with Gasteiger partial charge in [-0.1, -0.05) is 49.7 Å². The van der Waals surface area contributed by atoms with E-state index >= 15 is 0 Å². The molecule has 0 saturated carbocycles. The Labute approximate surface area is 145 Å². The Morgan fingerprint density at radius 1 is 1.08 bits per heavy atom. The zero-order chi connectivity index (χ0) is 17.4. The highest BCUT2D eigenvalue weighted by Crippen LogP contribution is 2.34. The maximum Gasteiger partial charge on any atom is 0.137 e. The molecule has 0 bridgehead atoms. The maximum atomic E-state index is 14.0. The Hall–Kier alpha value is -2.00. The topological polar surface area (TPSA) is 12.9 Å². The fourth-order valence-corrected chi connectivity index (χ4v) is 3.19. The average molecular weight is 346 g/mol. The van der Waals surface area contributed by atoms with E-state index in [0.29, 0.717) is 17.2 Å². The van der Waals surface area contributed by atoms with Gasteiger partial charge in [-0.25, -0.2) is 13.8 Å². The van der Waals surface area contributed by atoms with Crippen molar-refractivity contribution in [3.63, 3.8) is 0 Å². The second-order valence-corrected chi connectivity index (χ2v) is 6.85. The highest BCUT2D eigenvalue weighted by atomic mass is 35.5. The van der Waals surface area contributed by atoms with Crippen LogP contribution in [0.25, 0.3) is 22.2 Å². The van der Waals surface area contributed by atoms with Crippen LogP contribution in [0.2, 0.25) is 5.02 Å². The average Bonchev–Trinajstić information content (AvgIpc) is 2.50. The van der Waals surface area contributed by atoms with Gasteiger partial charge >= 0.3 is 0 Å². The molecule has 1 heterocycles. The van der Waals surface area contributed by atoms with Gasteiger partial charge in [-0.15, -0.1) is 0 Å². The second kappa shape index (κ2) is 6.48. The molecular formula is C20H18ClF2N. The summed E-state index contributed by atoms with van der Waals surface area (Å²) >= 11 is 6.34. The van der Waals surface area contributed by atoms with Crippen LogP contribution in [0.5, 0.6) is 0 Å². The number of nitrogens with zero attached hydrogens (tertiary/aromatic N) is 1. The smallest absolute Gasteiger partial charge is 0.137 e. The molecule has 0 aliphatic rings. The summed E-state index contributed by atoms with van der Waals surface area (Å²) in [7, 11) is 0. The summed E-state index contributed by atoms with van der Waals surface area (Å²) in [4.78, 5) is 4.45. The van der Waals surface area contributed by atoms with Gasteiger partial charge < -0.3 is 0 Å². The van der Waals surface area contributed by atoms with Crippen molar-refractivity contribution in [3.8, 4) is 11.3 Å². The second-order valence-electron chi connectivity index (χ2n) is 6.48. The fourth-order valence-electron chi connectivity index (χ4n) is 2.91. The van der Waals surface area contributed by atoms with E-state index < -0.39 is 11.6 Å². The van der Waals surface area contributed by atoms with Gasteiger partial charge in [0.1, 0.15) is 11.6 Å². The van der Waals surface area contributed by atoms with Crippen molar-refractivity contribution >= 4 is 22.5 Å². The molecule has 124 valence electrons. The van der Waals surface area contributed by atoms with Crippen LogP contribution in [0, 0.1) is 24.5 Å². The van der Waals surface area contributed by atoms with Crippen LogP contribution in [-0.4, -0.2) is 4.98 Å². The largest absolute Gasteiger partial charge is 0.247 e. The summed E-state index contributed by atoms with van der Waals surface area (Å²) in [6, 6.07) is 10.1. The first-order valence-corrected chi connectivity index (χ1v) is 8.28. The van der Waals surface area contributed by atoms with E-state index in [4.69, 9.17) is 11.6 Å². The monoisotopic (exact) mass is 345 g/mol. The number of hydrogen-bond acceptors (Lipinski definition) is 1. The van der Waals surface area contributed by atoms with Crippen molar-refractivity contribution in [1.29, 1.82) is 0 Å². The van der Waals surface area contributed by atoms with E-state index in [9.17, 15) is 8.78 Å². The Morgan fingerprint density at radius 3 is 2.38 bits per heavy atom. The zero-order valence-electron chi connectivity index (χ0n) is 13.8. The molecule has 24 heavy (non-hydrogen) atoms. The van der Waals surface area contributed by atoms with E-state index in [1.807, 2.05) is 12.1 Å². The van der Waals surface area contributed by atoms with Crippen LogP contribution in [0.1, 0.15) is 25.0 Å². The fraction of sp³-hybridized carbons (Fsp3) is 0.250. The van der Waals surface area contributed by atoms with Crippen LogP contribution >= 0.6 is 11.6 Å². The van der Waals surface area contributed by atoms with Crippen LogP contribution in [0.4, 0.5) is 8.78 Å². The lowest BCUT2D eigenvalue weighted by Gasteiger charge is -2.12. The summed E-state index contributed by atoms with van der Waals surface area (Å²) in [5.74, 6) is -0.771. The quantitative estimate of drug-likeness (QED) is 0.539. The van der Waals surface area contributed by atoms with Crippen LogP contribution in [-0.2, 0) is 6.42 Å². The van der Waals surface area contributed by atoms with Gasteiger partial charge in [0.2, 0.25) is 0 Å². The van der Waals surface area contributed by atoms with Crippen molar-refractivity contribution < 1.29 is 8.78 Å². The lowest BCUT2D eigenvalue weighted by molar-refractivity contribution is 0.591. The van der Waals surface area contributed by atoms with Gasteiger partial charge in [-0.2, -0.15) is 0 Å². The van der Waals surface area contributed by atoms with Crippen molar-refractivity contribution in [3.05, 3.63) is 64.2 Å². The first-order chi connectivity index (χ1) is 11.4. The molecular weight excluding hydrogens is 328 g/mol. The number of benzene rings is 2. The molecule has 0 amide bonds. The molecule has 4 heteroatoms. The molecule has 2 aromatic carbocycles. The highest BCUT2D eigenvalue weighted by Gasteiger charge is 2.16. The van der Waals surface area contributed by atoms with E-state index in [0.717, 1.165) is 18.1 Å². The molecule has 0 saturated heterocycles. The number of halogens is 3. The Bertz CT molecular complexity index is 902. The number of fused-ring (bicyclic) bond motifs is 1. The standard InChI is InChI=1S/C20H18ClF2N/c1-11(2)8-13-4-6-14(7-5-13)20-12(3)19(21)18-16(23)9-15(22)10-17(18)24-20/h4-7,9-11H,8H2,1-3H3. The van der Waals surface area contributed by atoms with Crippen LogP contribution < -0.4 is 0 Å². The van der Waals surface area contributed by atoms with Gasteiger partial charge in [0.05, 0.1) is 21.6 Å². The summed E-state index contributed by atoms with van der Waals surface area (Å²) in [5.41, 5.74) is 3.69. The summed E-state index contributed by atoms with van der Waals surface area (Å²) in [5, 5.41) is 0.439. The molecule has 0 atom stereocenters. The lowest BCUT2D eigenvalue weighted by atomic mass is 9.99. The minimum absolute atomic E-state index is 0.163. The summed E-state index contributed by atoms with van der Waals surface area (Å²) < 4.78 is 27.5. The van der Waals surface area contributed by atoms with Gasteiger partial charge in [0.15, 0.2) is 0 Å². The number of aromatic nitrogens is 1. The molecule has 0 aliphatic carbocycles. The van der Waals surface area contributed by atoms with Crippen molar-refractivity contribution in [1.82, 2.24) is 4.98 Å². The summed E-state index contributed by atoms with van der Waals surface area (Å²) in [6.45, 7) is 6.15. The normalized spacial score (nSPS) is 11.5. The van der Waals surface area contributed by atoms with Crippen molar-refractivity contribution in [2.45, 2.75) is 27.2 Å². The lowest BCUT2D eigenvalue weighted by Crippen LogP contribution is -1.97. The third-order valence-electron chi connectivity index (χ3n) is 4.04. The Balaban J connectivity index is 2.14. The highest BCUT2D eigenvalue weighted by molar-refractivity contribution is 6.36. The van der Waals surface area contributed by atoms with E-state index in [2.05, 4.69) is 31.0 Å². The SMILES string of the molecule is Cc1c(-c2ccc(CC(C)C)cc2)nc2cc(F)cc(F)c2c1Cl. The Kier molecular flexibility index (Phi) is 4.55. The molecule has 0 aliphatic heterocycles. The van der Waals surface area contributed by atoms with Gasteiger partial charge in [-0.05, 0) is 30.4 Å². The molecule has 0 unspecified atom stereocenters. The van der Waals surface area contributed by atoms with E-state index in [1.54, 1.807) is 6.92 Å². The van der Waals surface area contributed by atoms with Crippen molar-refractivity contribution in [2.75, 3.05) is 0 Å². The number of pyridine rings is 1. The van der Waals surface area contributed by atoms with Gasteiger partial charge in [0.25, 0.3) is 0 Å². The molecule has 3 rings (SSSR count). The van der Waals surface area contributed by atoms with Gasteiger partial charge in [-0.3, -0.25) is 0 Å². The molecule has 0 spiro atoms.